The van der Waals surface area contributed by atoms with Crippen LogP contribution in [0.25, 0.3) is 10.4 Å². The van der Waals surface area contributed by atoms with Crippen molar-refractivity contribution in [2.45, 2.75) is 45.2 Å². The first kappa shape index (κ1) is 24.8. The third-order valence-electron chi connectivity index (χ3n) is 7.64. The van der Waals surface area contributed by atoms with Gasteiger partial charge in [-0.2, -0.15) is 0 Å². The van der Waals surface area contributed by atoms with Gasteiger partial charge in [-0.05, 0) is 56.7 Å². The molecule has 2 unspecified atom stereocenters. The average molecular weight is 510 g/mol. The first-order chi connectivity index (χ1) is 17.2. The predicted molar refractivity (Wildman–Crippen MR) is 141 cm³/mol. The Balaban J connectivity index is 1.62. The molecule has 1 fully saturated rings. The summed E-state index contributed by atoms with van der Waals surface area (Å²) in [4.78, 5) is 32.0. The van der Waals surface area contributed by atoms with Crippen LogP contribution in [-0.4, -0.2) is 72.2 Å². The number of hydrogen-bond acceptors (Lipinski definition) is 5. The van der Waals surface area contributed by atoms with Crippen molar-refractivity contribution >= 4 is 23.2 Å². The number of carbonyl (C=O) groups excluding carboxylic acids is 2. The summed E-state index contributed by atoms with van der Waals surface area (Å²) in [6.45, 7) is 9.15. The first-order valence-corrected chi connectivity index (χ1v) is 13.5. The fourth-order valence-corrected chi connectivity index (χ4v) is 6.09. The molecule has 5 rings (SSSR count). The van der Waals surface area contributed by atoms with E-state index < -0.39 is 0 Å². The summed E-state index contributed by atoms with van der Waals surface area (Å²) in [6.07, 6.45) is 5.08. The van der Waals surface area contributed by atoms with Crippen LogP contribution in [0.4, 0.5) is 0 Å². The zero-order valence-electron chi connectivity index (χ0n) is 21.7. The molecule has 2 aromatic rings. The van der Waals surface area contributed by atoms with Gasteiger partial charge in [0, 0.05) is 54.3 Å². The van der Waals surface area contributed by atoms with Crippen molar-refractivity contribution in [3.63, 3.8) is 0 Å². The van der Waals surface area contributed by atoms with Crippen molar-refractivity contribution in [2.75, 3.05) is 40.5 Å². The lowest BCUT2D eigenvalue weighted by Crippen LogP contribution is -2.43. The molecule has 192 valence electrons. The van der Waals surface area contributed by atoms with Gasteiger partial charge in [0.05, 0.1) is 25.9 Å². The number of ether oxygens (including phenoxy) is 2. The van der Waals surface area contributed by atoms with Crippen molar-refractivity contribution in [3.8, 4) is 10.4 Å². The molecule has 4 heterocycles. The number of thiophene rings is 1. The summed E-state index contributed by atoms with van der Waals surface area (Å²) in [5, 5.41) is 2.06. The molecule has 3 aliphatic rings. The molecule has 0 spiro atoms. The lowest BCUT2D eigenvalue weighted by molar-refractivity contribution is -0.131. The van der Waals surface area contributed by atoms with Crippen LogP contribution in [0.1, 0.15) is 49.3 Å². The monoisotopic (exact) mass is 509 g/mol. The fourth-order valence-electron chi connectivity index (χ4n) is 5.33. The second-order valence-corrected chi connectivity index (χ2v) is 11.6. The largest absolute Gasteiger partial charge is 0.496 e. The minimum absolute atomic E-state index is 0.0162. The number of carbonyl (C=O) groups is 2. The smallest absolute Gasteiger partial charge is 0.270 e. The van der Waals surface area contributed by atoms with Gasteiger partial charge in [0.1, 0.15) is 11.5 Å². The van der Waals surface area contributed by atoms with E-state index in [0.717, 1.165) is 29.1 Å². The number of amides is 2. The zero-order chi connectivity index (χ0) is 25.6. The third kappa shape index (κ3) is 4.30. The van der Waals surface area contributed by atoms with Gasteiger partial charge in [-0.15, -0.1) is 11.3 Å². The Morgan fingerprint density at radius 1 is 1.17 bits per heavy atom. The van der Waals surface area contributed by atoms with Gasteiger partial charge in [-0.1, -0.05) is 12.1 Å². The predicted octanol–water partition coefficient (Wildman–Crippen LogP) is 4.52. The van der Waals surface area contributed by atoms with Crippen LogP contribution in [0.2, 0.25) is 0 Å². The molecule has 2 aromatic heterocycles. The van der Waals surface area contributed by atoms with Gasteiger partial charge in [-0.25, -0.2) is 0 Å². The number of allylic oxidation sites excluding steroid dienone is 2. The zero-order valence-corrected chi connectivity index (χ0v) is 22.6. The molecule has 0 saturated carbocycles. The molecule has 0 bridgehead atoms. The molecule has 2 atom stereocenters. The van der Waals surface area contributed by atoms with Crippen molar-refractivity contribution in [2.24, 2.45) is 5.92 Å². The Morgan fingerprint density at radius 2 is 1.92 bits per heavy atom. The van der Waals surface area contributed by atoms with E-state index in [1.807, 2.05) is 43.7 Å². The van der Waals surface area contributed by atoms with Crippen molar-refractivity contribution < 1.29 is 19.1 Å². The maximum Gasteiger partial charge on any atom is 0.270 e. The van der Waals surface area contributed by atoms with Crippen LogP contribution >= 0.6 is 11.3 Å². The number of morpholine rings is 1. The number of hydrogen-bond donors (Lipinski definition) is 0. The lowest BCUT2D eigenvalue weighted by atomic mass is 9.77. The van der Waals surface area contributed by atoms with E-state index in [1.165, 1.54) is 0 Å². The Bertz CT molecular complexity index is 1210. The number of rotatable bonds is 4. The molecule has 2 amide bonds. The molecule has 0 radical (unpaired) electrons. The maximum absolute atomic E-state index is 13.7. The molecule has 1 saturated heterocycles. The van der Waals surface area contributed by atoms with Gasteiger partial charge in [0.15, 0.2) is 0 Å². The van der Waals surface area contributed by atoms with Gasteiger partial charge in [0.2, 0.25) is 0 Å². The number of methoxy groups -OCH3 is 1. The molecule has 0 aromatic carbocycles. The molecule has 8 heteroatoms. The lowest BCUT2D eigenvalue weighted by Gasteiger charge is -2.37. The average Bonchev–Trinajstić information content (AvgIpc) is 3.54. The second kappa shape index (κ2) is 9.56. The van der Waals surface area contributed by atoms with E-state index >= 15 is 0 Å². The summed E-state index contributed by atoms with van der Waals surface area (Å²) < 4.78 is 13.4. The highest BCUT2D eigenvalue weighted by molar-refractivity contribution is 7.13. The van der Waals surface area contributed by atoms with E-state index in [9.17, 15) is 9.59 Å². The van der Waals surface area contributed by atoms with E-state index in [-0.39, 0.29) is 29.2 Å². The van der Waals surface area contributed by atoms with Crippen LogP contribution < -0.4 is 0 Å². The van der Waals surface area contributed by atoms with Crippen LogP contribution in [0, 0.1) is 5.92 Å². The molecule has 0 N–H and O–H groups in total. The van der Waals surface area contributed by atoms with Crippen LogP contribution in [0.3, 0.4) is 0 Å². The summed E-state index contributed by atoms with van der Waals surface area (Å²) in [5.74, 6) is 0.827. The van der Waals surface area contributed by atoms with Gasteiger partial charge >= 0.3 is 0 Å². The molecule has 1 aliphatic carbocycles. The van der Waals surface area contributed by atoms with E-state index in [0.29, 0.717) is 43.3 Å². The maximum atomic E-state index is 13.7. The Kier molecular flexibility index (Phi) is 6.59. The highest BCUT2D eigenvalue weighted by Crippen LogP contribution is 2.47. The van der Waals surface area contributed by atoms with Crippen LogP contribution in [-0.2, 0) is 20.8 Å². The van der Waals surface area contributed by atoms with Crippen molar-refractivity contribution in [1.82, 2.24) is 14.4 Å². The third-order valence-corrected chi connectivity index (χ3v) is 8.55. The highest BCUT2D eigenvalue weighted by Gasteiger charge is 2.39. The summed E-state index contributed by atoms with van der Waals surface area (Å²) in [6, 6.07) is 6.20. The summed E-state index contributed by atoms with van der Waals surface area (Å²) in [7, 11) is 3.50. The SMILES string of the molecule is COC1=CC2CCn3c(C(=O)N(C)C(C)(C)C)cc(-c4cccs4)c3C2C=C1C(=O)N1CCOCC1. The number of fused-ring (bicyclic) bond motifs is 3. The minimum atomic E-state index is -0.291. The molecular formula is C28H35N3O4S. The molecule has 36 heavy (non-hydrogen) atoms. The number of nitrogens with zero attached hydrogens (tertiary/aromatic N) is 3. The van der Waals surface area contributed by atoms with Crippen molar-refractivity contribution in [1.29, 1.82) is 0 Å². The summed E-state index contributed by atoms with van der Waals surface area (Å²) in [5.41, 5.74) is 3.21. The Morgan fingerprint density at radius 3 is 2.56 bits per heavy atom. The van der Waals surface area contributed by atoms with Crippen LogP contribution in [0.5, 0.6) is 0 Å². The Hall–Kier alpha value is -2.84. The minimum Gasteiger partial charge on any atom is -0.496 e. The second-order valence-electron chi connectivity index (χ2n) is 10.7. The van der Waals surface area contributed by atoms with E-state index in [1.54, 1.807) is 18.4 Å². The highest BCUT2D eigenvalue weighted by atomic mass is 32.1. The van der Waals surface area contributed by atoms with E-state index in [4.69, 9.17) is 9.47 Å². The Labute approximate surface area is 217 Å². The van der Waals surface area contributed by atoms with Gasteiger partial charge in [-0.3, -0.25) is 9.59 Å². The molecule has 7 nitrogen and oxygen atoms in total. The van der Waals surface area contributed by atoms with E-state index in [2.05, 4.69) is 34.2 Å². The topological polar surface area (TPSA) is 64.0 Å². The normalized spacial score (nSPS) is 21.8. The quantitative estimate of drug-likeness (QED) is 0.608. The first-order valence-electron chi connectivity index (χ1n) is 12.6. The summed E-state index contributed by atoms with van der Waals surface area (Å²) >= 11 is 1.67. The van der Waals surface area contributed by atoms with Crippen molar-refractivity contribution in [3.05, 3.63) is 58.5 Å². The van der Waals surface area contributed by atoms with Crippen LogP contribution in [0.15, 0.2) is 47.1 Å². The standard InChI is InChI=1S/C28H35N3O4S/c1-28(2,3)29(4)27(33)22-17-21(24-7-6-14-36-24)25-19-16-20(26(32)30-10-12-35-13-11-30)23(34-5)15-18(19)8-9-31(22)25/h6-7,14-19H,8-13H2,1-5H3. The molecule has 2 aliphatic heterocycles. The fraction of sp³-hybridized carbons (Fsp3) is 0.500. The molecular weight excluding hydrogens is 474 g/mol. The van der Waals surface area contributed by atoms with Gasteiger partial charge in [0.25, 0.3) is 11.8 Å². The number of aromatic nitrogens is 1. The van der Waals surface area contributed by atoms with Gasteiger partial charge < -0.3 is 23.8 Å².